The number of amides is 1. The van der Waals surface area contributed by atoms with Gasteiger partial charge in [0.05, 0.1) is 13.7 Å². The van der Waals surface area contributed by atoms with E-state index in [0.717, 1.165) is 12.0 Å². The molecule has 1 atom stereocenters. The van der Waals surface area contributed by atoms with Crippen LogP contribution in [0.1, 0.15) is 25.8 Å². The summed E-state index contributed by atoms with van der Waals surface area (Å²) in [6.45, 7) is 5.16. The number of likely N-dealkylation sites (N-methyl/N-ethyl adjacent to an activating group) is 1. The lowest BCUT2D eigenvalue weighted by atomic mass is 10.1. The first-order valence-corrected chi connectivity index (χ1v) is 7.55. The molecule has 124 valence electrons. The van der Waals surface area contributed by atoms with Crippen LogP contribution in [0, 0.1) is 0 Å². The zero-order chi connectivity index (χ0) is 16.4. The molecule has 22 heavy (non-hydrogen) atoms. The lowest BCUT2D eigenvalue weighted by molar-refractivity contribution is -0.123. The summed E-state index contributed by atoms with van der Waals surface area (Å²) >= 11 is 0. The van der Waals surface area contributed by atoms with Crippen LogP contribution in [0.25, 0.3) is 0 Å². The number of carbonyl (C=O) groups excluding carboxylic acids is 1. The third-order valence-corrected chi connectivity index (χ3v) is 3.27. The summed E-state index contributed by atoms with van der Waals surface area (Å²) in [6.07, 6.45) is 0.862. The fraction of sp³-hybridized carbons (Fsp3) is 0.562. The van der Waals surface area contributed by atoms with Gasteiger partial charge in [-0.3, -0.25) is 4.79 Å². The molecular weight excluding hydrogens is 284 g/mol. The van der Waals surface area contributed by atoms with Crippen molar-refractivity contribution in [2.75, 3.05) is 26.9 Å². The summed E-state index contributed by atoms with van der Waals surface area (Å²) in [4.78, 5) is 11.4. The molecule has 0 spiro atoms. The van der Waals surface area contributed by atoms with Crippen LogP contribution < -0.4 is 20.1 Å². The number of benzene rings is 1. The smallest absolute Gasteiger partial charge is 0.257 e. The Morgan fingerprint density at radius 2 is 2.09 bits per heavy atom. The SMILES string of the molecule is CCNC(=O)COc1ccc(CN[C@H](CC)CO)cc1OC. The summed E-state index contributed by atoms with van der Waals surface area (Å²) in [7, 11) is 1.56. The van der Waals surface area contributed by atoms with Gasteiger partial charge in [0, 0.05) is 19.1 Å². The summed E-state index contributed by atoms with van der Waals surface area (Å²) in [5, 5.41) is 15.1. The molecule has 0 unspecified atom stereocenters. The Bertz CT molecular complexity index is 461. The molecule has 0 aliphatic rings. The van der Waals surface area contributed by atoms with Gasteiger partial charge in [0.15, 0.2) is 18.1 Å². The average molecular weight is 310 g/mol. The van der Waals surface area contributed by atoms with Crippen molar-refractivity contribution in [3.05, 3.63) is 23.8 Å². The van der Waals surface area contributed by atoms with Crippen LogP contribution >= 0.6 is 0 Å². The highest BCUT2D eigenvalue weighted by Gasteiger charge is 2.09. The zero-order valence-corrected chi connectivity index (χ0v) is 13.5. The summed E-state index contributed by atoms with van der Waals surface area (Å²) < 4.78 is 10.8. The first-order valence-electron chi connectivity index (χ1n) is 7.55. The fourth-order valence-electron chi connectivity index (χ4n) is 1.93. The van der Waals surface area contributed by atoms with E-state index in [1.807, 2.05) is 26.0 Å². The molecule has 0 aromatic heterocycles. The van der Waals surface area contributed by atoms with Gasteiger partial charge < -0.3 is 25.2 Å². The van der Waals surface area contributed by atoms with Crippen molar-refractivity contribution in [2.45, 2.75) is 32.9 Å². The van der Waals surface area contributed by atoms with Gasteiger partial charge in [-0.15, -0.1) is 0 Å². The van der Waals surface area contributed by atoms with Crippen LogP contribution in [0.5, 0.6) is 11.5 Å². The van der Waals surface area contributed by atoms with E-state index >= 15 is 0 Å². The molecule has 0 fully saturated rings. The van der Waals surface area contributed by atoms with Crippen LogP contribution in [0.15, 0.2) is 18.2 Å². The Labute approximate surface area is 131 Å². The van der Waals surface area contributed by atoms with Crippen LogP contribution in [-0.2, 0) is 11.3 Å². The maximum atomic E-state index is 11.4. The van der Waals surface area contributed by atoms with Gasteiger partial charge >= 0.3 is 0 Å². The van der Waals surface area contributed by atoms with Gasteiger partial charge in [0.1, 0.15) is 0 Å². The minimum Gasteiger partial charge on any atom is -0.493 e. The molecule has 3 N–H and O–H groups in total. The number of methoxy groups -OCH3 is 1. The van der Waals surface area contributed by atoms with E-state index in [1.54, 1.807) is 13.2 Å². The topological polar surface area (TPSA) is 79.8 Å². The highest BCUT2D eigenvalue weighted by molar-refractivity contribution is 5.77. The predicted molar refractivity (Wildman–Crippen MR) is 85.2 cm³/mol. The Hall–Kier alpha value is -1.79. The molecule has 0 aliphatic heterocycles. The van der Waals surface area contributed by atoms with Crippen molar-refractivity contribution >= 4 is 5.91 Å². The second-order valence-electron chi connectivity index (χ2n) is 4.90. The second kappa shape index (κ2) is 10.0. The van der Waals surface area contributed by atoms with Crippen molar-refractivity contribution in [2.24, 2.45) is 0 Å². The van der Waals surface area contributed by atoms with E-state index in [-0.39, 0.29) is 25.2 Å². The lowest BCUT2D eigenvalue weighted by Crippen LogP contribution is -2.31. The van der Waals surface area contributed by atoms with Gasteiger partial charge in [0.2, 0.25) is 0 Å². The third kappa shape index (κ3) is 5.91. The van der Waals surface area contributed by atoms with Crippen LogP contribution in [0.4, 0.5) is 0 Å². The average Bonchev–Trinajstić information content (AvgIpc) is 2.54. The predicted octanol–water partition coefficient (Wildman–Crippen LogP) is 1.07. The van der Waals surface area contributed by atoms with E-state index in [1.165, 1.54) is 0 Å². The summed E-state index contributed by atoms with van der Waals surface area (Å²) in [5.74, 6) is 0.955. The molecule has 1 amide bonds. The number of rotatable bonds is 10. The molecule has 1 aromatic rings. The Morgan fingerprint density at radius 3 is 2.68 bits per heavy atom. The standard InChI is InChI=1S/C16H26N2O4/c1-4-13(10-19)18-9-12-6-7-14(15(8-12)21-3)22-11-16(20)17-5-2/h6-8,13,18-19H,4-5,9-11H2,1-3H3,(H,17,20)/t13-/m1/s1. The van der Waals surface area contributed by atoms with Crippen LogP contribution in [0.3, 0.4) is 0 Å². The molecule has 0 saturated heterocycles. The van der Waals surface area contributed by atoms with Crippen molar-refractivity contribution in [3.63, 3.8) is 0 Å². The number of hydrogen-bond donors (Lipinski definition) is 3. The summed E-state index contributed by atoms with van der Waals surface area (Å²) in [5.41, 5.74) is 1.02. The molecule has 0 aliphatic carbocycles. The van der Waals surface area contributed by atoms with Crippen molar-refractivity contribution in [3.8, 4) is 11.5 Å². The van der Waals surface area contributed by atoms with Gasteiger partial charge in [-0.2, -0.15) is 0 Å². The first kappa shape index (κ1) is 18.3. The molecule has 0 radical (unpaired) electrons. The molecule has 0 heterocycles. The Morgan fingerprint density at radius 1 is 1.32 bits per heavy atom. The number of ether oxygens (including phenoxy) is 2. The molecule has 6 nitrogen and oxygen atoms in total. The van der Waals surface area contributed by atoms with E-state index in [4.69, 9.17) is 14.6 Å². The van der Waals surface area contributed by atoms with E-state index in [2.05, 4.69) is 10.6 Å². The Kier molecular flexibility index (Phi) is 8.32. The number of hydrogen-bond acceptors (Lipinski definition) is 5. The Balaban J connectivity index is 2.64. The van der Waals surface area contributed by atoms with Crippen LogP contribution in [-0.4, -0.2) is 43.9 Å². The highest BCUT2D eigenvalue weighted by Crippen LogP contribution is 2.28. The number of nitrogens with one attached hydrogen (secondary N) is 2. The minimum atomic E-state index is -0.163. The first-order chi connectivity index (χ1) is 10.6. The molecular formula is C16H26N2O4. The van der Waals surface area contributed by atoms with Gasteiger partial charge in [-0.25, -0.2) is 0 Å². The van der Waals surface area contributed by atoms with Gasteiger partial charge in [-0.1, -0.05) is 13.0 Å². The molecule has 0 bridgehead atoms. The maximum absolute atomic E-state index is 11.4. The van der Waals surface area contributed by atoms with E-state index in [0.29, 0.717) is 24.6 Å². The number of aliphatic hydroxyl groups excluding tert-OH is 1. The lowest BCUT2D eigenvalue weighted by Gasteiger charge is -2.15. The minimum absolute atomic E-state index is 0.0375. The monoisotopic (exact) mass is 310 g/mol. The third-order valence-electron chi connectivity index (χ3n) is 3.27. The van der Waals surface area contributed by atoms with Crippen LogP contribution in [0.2, 0.25) is 0 Å². The second-order valence-corrected chi connectivity index (χ2v) is 4.90. The van der Waals surface area contributed by atoms with E-state index < -0.39 is 0 Å². The van der Waals surface area contributed by atoms with Crippen molar-refractivity contribution < 1.29 is 19.4 Å². The van der Waals surface area contributed by atoms with Gasteiger partial charge in [0.25, 0.3) is 5.91 Å². The zero-order valence-electron chi connectivity index (χ0n) is 13.5. The molecule has 1 rings (SSSR count). The number of carbonyl (C=O) groups is 1. The van der Waals surface area contributed by atoms with Crippen molar-refractivity contribution in [1.82, 2.24) is 10.6 Å². The largest absolute Gasteiger partial charge is 0.493 e. The quantitative estimate of drug-likeness (QED) is 0.602. The van der Waals surface area contributed by atoms with E-state index in [9.17, 15) is 4.79 Å². The number of aliphatic hydroxyl groups is 1. The summed E-state index contributed by atoms with van der Waals surface area (Å²) in [6, 6.07) is 5.64. The fourth-order valence-corrected chi connectivity index (χ4v) is 1.93. The van der Waals surface area contributed by atoms with Gasteiger partial charge in [-0.05, 0) is 31.0 Å². The van der Waals surface area contributed by atoms with Crippen molar-refractivity contribution in [1.29, 1.82) is 0 Å². The maximum Gasteiger partial charge on any atom is 0.257 e. The highest BCUT2D eigenvalue weighted by atomic mass is 16.5. The molecule has 6 heteroatoms. The molecule has 1 aromatic carbocycles. The molecule has 0 saturated carbocycles. The normalized spacial score (nSPS) is 11.8.